The molecule has 1 aromatic heterocycles. The van der Waals surface area contributed by atoms with Crippen LogP contribution in [0, 0.1) is 0 Å². The molecule has 0 saturated carbocycles. The Kier molecular flexibility index (Phi) is 5.98. The van der Waals surface area contributed by atoms with Gasteiger partial charge in [-0.2, -0.15) is 0 Å². The van der Waals surface area contributed by atoms with E-state index in [1.54, 1.807) is 29.3 Å². The number of aromatic nitrogens is 1. The molecule has 1 N–H and O–H groups in total. The number of Topliss-reactive ketones (excluding diaryl/α,β-unsaturated/α-hetero) is 1. The Balaban J connectivity index is 1.36. The number of fused-ring (bicyclic) bond motifs is 1. The van der Waals surface area contributed by atoms with E-state index < -0.39 is 5.97 Å². The summed E-state index contributed by atoms with van der Waals surface area (Å²) < 4.78 is 4.73. The maximum atomic E-state index is 12.7. The first-order chi connectivity index (χ1) is 15.1. The Hall–Kier alpha value is -3.67. The molecule has 6 heteroatoms. The molecule has 6 nitrogen and oxygen atoms in total. The maximum absolute atomic E-state index is 12.7. The SMILES string of the molecule is COC(=O)c1ccc2c(C(=O)CCC(=O)N3CC=C(c4ccccc4)CC3)c[nH]c2c1. The highest BCUT2D eigenvalue weighted by Gasteiger charge is 2.20. The van der Waals surface area contributed by atoms with Crippen LogP contribution in [-0.4, -0.2) is 47.7 Å². The van der Waals surface area contributed by atoms with E-state index in [0.717, 1.165) is 11.8 Å². The molecule has 4 rings (SSSR count). The van der Waals surface area contributed by atoms with Crippen molar-refractivity contribution < 1.29 is 19.1 Å². The molecule has 1 aliphatic heterocycles. The Bertz CT molecular complexity index is 1160. The number of methoxy groups -OCH3 is 1. The zero-order valence-corrected chi connectivity index (χ0v) is 17.4. The number of nitrogens with one attached hydrogen (secondary N) is 1. The molecular formula is C25H24N2O4. The summed E-state index contributed by atoms with van der Waals surface area (Å²) in [6.07, 6.45) is 4.87. The Morgan fingerprint density at radius 1 is 1.06 bits per heavy atom. The minimum Gasteiger partial charge on any atom is -0.465 e. The lowest BCUT2D eigenvalue weighted by molar-refractivity contribution is -0.130. The molecule has 1 aliphatic rings. The normalized spacial score (nSPS) is 13.7. The lowest BCUT2D eigenvalue weighted by Gasteiger charge is -2.26. The molecule has 2 aromatic carbocycles. The van der Waals surface area contributed by atoms with Crippen molar-refractivity contribution in [2.24, 2.45) is 0 Å². The van der Waals surface area contributed by atoms with E-state index in [4.69, 9.17) is 4.74 Å². The number of carbonyl (C=O) groups is 3. The number of aromatic amines is 1. The van der Waals surface area contributed by atoms with Gasteiger partial charge in [-0.15, -0.1) is 0 Å². The number of esters is 1. The quantitative estimate of drug-likeness (QED) is 0.482. The molecule has 3 aromatic rings. The highest BCUT2D eigenvalue weighted by atomic mass is 16.5. The molecule has 158 valence electrons. The molecule has 2 heterocycles. The minimum absolute atomic E-state index is 0.00969. The monoisotopic (exact) mass is 416 g/mol. The van der Waals surface area contributed by atoms with Gasteiger partial charge in [0.1, 0.15) is 0 Å². The lowest BCUT2D eigenvalue weighted by atomic mass is 9.99. The van der Waals surface area contributed by atoms with Gasteiger partial charge in [-0.1, -0.05) is 42.5 Å². The average Bonchev–Trinajstić information content (AvgIpc) is 3.26. The van der Waals surface area contributed by atoms with Gasteiger partial charge in [-0.25, -0.2) is 4.79 Å². The van der Waals surface area contributed by atoms with Gasteiger partial charge in [0.15, 0.2) is 5.78 Å². The summed E-state index contributed by atoms with van der Waals surface area (Å²) >= 11 is 0. The fraction of sp³-hybridized carbons (Fsp3) is 0.240. The van der Waals surface area contributed by atoms with Crippen LogP contribution in [0.15, 0.2) is 60.8 Å². The molecule has 0 saturated heterocycles. The largest absolute Gasteiger partial charge is 0.465 e. The molecule has 31 heavy (non-hydrogen) atoms. The first kappa shape index (κ1) is 20.6. The first-order valence-corrected chi connectivity index (χ1v) is 10.3. The number of hydrogen-bond acceptors (Lipinski definition) is 4. The van der Waals surface area contributed by atoms with Gasteiger partial charge in [0.2, 0.25) is 5.91 Å². The second kappa shape index (κ2) is 9.00. The summed E-state index contributed by atoms with van der Waals surface area (Å²) in [5, 5.41) is 0.735. The summed E-state index contributed by atoms with van der Waals surface area (Å²) in [5.41, 5.74) is 4.08. The molecule has 0 aliphatic carbocycles. The molecule has 0 atom stereocenters. The van der Waals surface area contributed by atoms with Crippen molar-refractivity contribution in [1.82, 2.24) is 9.88 Å². The van der Waals surface area contributed by atoms with E-state index in [2.05, 4.69) is 23.2 Å². The molecule has 0 spiro atoms. The average molecular weight is 416 g/mol. The molecule has 0 bridgehead atoms. The van der Waals surface area contributed by atoms with E-state index in [1.807, 2.05) is 18.2 Å². The number of amides is 1. The number of nitrogens with zero attached hydrogens (tertiary/aromatic N) is 1. The third-order valence-corrected chi connectivity index (χ3v) is 5.68. The van der Waals surface area contributed by atoms with Gasteiger partial charge >= 0.3 is 5.97 Å². The number of H-pyrrole nitrogens is 1. The molecule has 1 amide bonds. The van der Waals surface area contributed by atoms with Crippen LogP contribution in [0.4, 0.5) is 0 Å². The van der Waals surface area contributed by atoms with E-state index in [-0.39, 0.29) is 24.5 Å². The van der Waals surface area contributed by atoms with Crippen molar-refractivity contribution in [1.29, 1.82) is 0 Å². The maximum Gasteiger partial charge on any atom is 0.337 e. The van der Waals surface area contributed by atoms with Gasteiger partial charge in [0.05, 0.1) is 12.7 Å². The van der Waals surface area contributed by atoms with E-state index in [0.29, 0.717) is 29.7 Å². The smallest absolute Gasteiger partial charge is 0.337 e. The van der Waals surface area contributed by atoms with Crippen molar-refractivity contribution in [2.45, 2.75) is 19.3 Å². The van der Waals surface area contributed by atoms with Gasteiger partial charge in [-0.05, 0) is 29.7 Å². The van der Waals surface area contributed by atoms with Crippen LogP contribution in [0.1, 0.15) is 45.5 Å². The predicted octanol–water partition coefficient (Wildman–Crippen LogP) is 4.23. The fourth-order valence-electron chi connectivity index (χ4n) is 3.93. The zero-order valence-electron chi connectivity index (χ0n) is 17.4. The standard InChI is InChI=1S/C25H24N2O4/c1-31-25(30)19-7-8-20-21(16-26-22(20)15-19)23(28)9-10-24(29)27-13-11-18(12-14-27)17-5-3-2-4-6-17/h2-8,11,15-16,26H,9-10,12-14H2,1H3. The van der Waals surface area contributed by atoms with Crippen molar-refractivity contribution in [3.63, 3.8) is 0 Å². The van der Waals surface area contributed by atoms with Crippen molar-refractivity contribution in [3.8, 4) is 0 Å². The number of ketones is 1. The van der Waals surface area contributed by atoms with Gasteiger partial charge in [-0.3, -0.25) is 9.59 Å². The summed E-state index contributed by atoms with van der Waals surface area (Å²) in [7, 11) is 1.33. The van der Waals surface area contributed by atoms with Crippen molar-refractivity contribution in [2.75, 3.05) is 20.2 Å². The van der Waals surface area contributed by atoms with Crippen LogP contribution in [0.25, 0.3) is 16.5 Å². The second-order valence-electron chi connectivity index (χ2n) is 7.56. The number of carbonyl (C=O) groups excluding carboxylic acids is 3. The van der Waals surface area contributed by atoms with Gasteiger partial charge < -0.3 is 14.6 Å². The molecular weight excluding hydrogens is 392 g/mol. The second-order valence-corrected chi connectivity index (χ2v) is 7.56. The van der Waals surface area contributed by atoms with Crippen molar-refractivity contribution >= 4 is 34.1 Å². The number of hydrogen-bond donors (Lipinski definition) is 1. The topological polar surface area (TPSA) is 79.5 Å². The summed E-state index contributed by atoms with van der Waals surface area (Å²) in [5.74, 6) is -0.534. The first-order valence-electron chi connectivity index (χ1n) is 10.3. The zero-order chi connectivity index (χ0) is 21.8. The van der Waals surface area contributed by atoms with Crippen LogP contribution >= 0.6 is 0 Å². The van der Waals surface area contributed by atoms with E-state index in [9.17, 15) is 14.4 Å². The third kappa shape index (κ3) is 4.43. The third-order valence-electron chi connectivity index (χ3n) is 5.68. The van der Waals surface area contributed by atoms with E-state index >= 15 is 0 Å². The summed E-state index contributed by atoms with van der Waals surface area (Å²) in [6, 6.07) is 15.2. The number of benzene rings is 2. The van der Waals surface area contributed by atoms with Crippen LogP contribution in [-0.2, 0) is 9.53 Å². The van der Waals surface area contributed by atoms with Crippen molar-refractivity contribution in [3.05, 3.63) is 77.5 Å². The minimum atomic E-state index is -0.430. The van der Waals surface area contributed by atoms with Gasteiger partial charge in [0, 0.05) is 48.6 Å². The Morgan fingerprint density at radius 3 is 2.58 bits per heavy atom. The molecule has 0 unspecified atom stereocenters. The number of ether oxygens (including phenoxy) is 1. The van der Waals surface area contributed by atoms with Crippen LogP contribution < -0.4 is 0 Å². The van der Waals surface area contributed by atoms with Gasteiger partial charge in [0.25, 0.3) is 0 Å². The molecule has 0 radical (unpaired) electrons. The van der Waals surface area contributed by atoms with Crippen LogP contribution in [0.2, 0.25) is 0 Å². The highest BCUT2D eigenvalue weighted by Crippen LogP contribution is 2.24. The van der Waals surface area contributed by atoms with Crippen LogP contribution in [0.3, 0.4) is 0 Å². The van der Waals surface area contributed by atoms with E-state index in [1.165, 1.54) is 18.2 Å². The number of rotatable bonds is 6. The Labute approximate surface area is 180 Å². The lowest BCUT2D eigenvalue weighted by Crippen LogP contribution is -2.34. The summed E-state index contributed by atoms with van der Waals surface area (Å²) in [6.45, 7) is 1.23. The highest BCUT2D eigenvalue weighted by molar-refractivity contribution is 6.09. The fourth-order valence-corrected chi connectivity index (χ4v) is 3.93. The molecule has 0 fully saturated rings. The Morgan fingerprint density at radius 2 is 1.87 bits per heavy atom. The van der Waals surface area contributed by atoms with Crippen LogP contribution in [0.5, 0.6) is 0 Å². The predicted molar refractivity (Wildman–Crippen MR) is 119 cm³/mol. The summed E-state index contributed by atoms with van der Waals surface area (Å²) in [4.78, 5) is 41.9.